The molecular weight excluding hydrogens is 535 g/mol. The second kappa shape index (κ2) is 13.8. The van der Waals surface area contributed by atoms with Gasteiger partial charge in [-0.2, -0.15) is 0 Å². The summed E-state index contributed by atoms with van der Waals surface area (Å²) in [6, 6.07) is 6.70. The second-order valence-electron chi connectivity index (χ2n) is 9.34. The Labute approximate surface area is 217 Å². The van der Waals surface area contributed by atoms with Crippen LogP contribution < -0.4 is 15.5 Å². The smallest absolute Gasteiger partial charge is 0.191 e. The standard InChI is InChI=1S/C24H41ClN6.HI/c1-5-26-24(28-20-9-11-30(12-10-20)18-19(2)3)27-17-21-22(25)7-6-8-23(21)31-15-13-29(4)14-16-31;/h6-8,19-20H,5,9-18H2,1-4H3,(H2,26,27,28);1H. The number of likely N-dealkylation sites (tertiary alicyclic amines) is 1. The number of nitrogens with one attached hydrogen (secondary N) is 2. The van der Waals surface area contributed by atoms with Crippen LogP contribution in [0.5, 0.6) is 0 Å². The van der Waals surface area contributed by atoms with Gasteiger partial charge in [-0.1, -0.05) is 31.5 Å². The number of aliphatic imine (C=N–C) groups is 1. The molecule has 3 rings (SSSR count). The first-order valence-electron chi connectivity index (χ1n) is 11.9. The van der Waals surface area contributed by atoms with Gasteiger partial charge in [-0.15, -0.1) is 24.0 Å². The first kappa shape index (κ1) is 27.5. The van der Waals surface area contributed by atoms with E-state index in [0.717, 1.165) is 81.1 Å². The van der Waals surface area contributed by atoms with Gasteiger partial charge in [0.2, 0.25) is 0 Å². The molecule has 2 aliphatic rings. The molecule has 6 nitrogen and oxygen atoms in total. The Morgan fingerprint density at radius 3 is 2.44 bits per heavy atom. The Bertz CT molecular complexity index is 712. The summed E-state index contributed by atoms with van der Waals surface area (Å²) in [7, 11) is 2.18. The number of benzene rings is 1. The van der Waals surface area contributed by atoms with Crippen LogP contribution in [0.25, 0.3) is 0 Å². The van der Waals surface area contributed by atoms with Crippen molar-refractivity contribution in [2.75, 3.05) is 64.3 Å². The van der Waals surface area contributed by atoms with Crippen molar-refractivity contribution in [3.05, 3.63) is 28.8 Å². The number of nitrogens with zero attached hydrogens (tertiary/aromatic N) is 4. The molecule has 2 N–H and O–H groups in total. The van der Waals surface area contributed by atoms with Crippen molar-refractivity contribution >= 4 is 47.2 Å². The third kappa shape index (κ3) is 8.22. The highest BCUT2D eigenvalue weighted by Crippen LogP contribution is 2.29. The Morgan fingerprint density at radius 2 is 1.81 bits per heavy atom. The van der Waals surface area contributed by atoms with Crippen LogP contribution in [0.15, 0.2) is 23.2 Å². The number of piperidine rings is 1. The molecule has 8 heteroatoms. The van der Waals surface area contributed by atoms with E-state index in [4.69, 9.17) is 16.6 Å². The molecule has 0 amide bonds. The Kier molecular flexibility index (Phi) is 11.9. The fourth-order valence-electron chi connectivity index (χ4n) is 4.50. The summed E-state index contributed by atoms with van der Waals surface area (Å²) >= 11 is 6.63. The fraction of sp³-hybridized carbons (Fsp3) is 0.708. The van der Waals surface area contributed by atoms with Crippen LogP contribution in [0.1, 0.15) is 39.2 Å². The summed E-state index contributed by atoms with van der Waals surface area (Å²) in [5.74, 6) is 1.63. The van der Waals surface area contributed by atoms with E-state index >= 15 is 0 Å². The molecule has 0 saturated carbocycles. The molecule has 0 aromatic heterocycles. The lowest BCUT2D eigenvalue weighted by Gasteiger charge is -2.35. The molecule has 2 aliphatic heterocycles. The molecule has 2 saturated heterocycles. The first-order valence-corrected chi connectivity index (χ1v) is 12.3. The van der Waals surface area contributed by atoms with Gasteiger partial charge in [0.25, 0.3) is 0 Å². The van der Waals surface area contributed by atoms with E-state index in [1.165, 1.54) is 12.2 Å². The van der Waals surface area contributed by atoms with Crippen LogP contribution in [0, 0.1) is 5.92 Å². The van der Waals surface area contributed by atoms with E-state index in [0.29, 0.717) is 12.6 Å². The van der Waals surface area contributed by atoms with Crippen LogP contribution in [-0.2, 0) is 6.54 Å². The van der Waals surface area contributed by atoms with E-state index in [-0.39, 0.29) is 24.0 Å². The maximum Gasteiger partial charge on any atom is 0.191 e. The second-order valence-corrected chi connectivity index (χ2v) is 9.74. The largest absolute Gasteiger partial charge is 0.369 e. The average molecular weight is 577 g/mol. The van der Waals surface area contributed by atoms with Crippen molar-refractivity contribution in [3.8, 4) is 0 Å². The van der Waals surface area contributed by atoms with Crippen molar-refractivity contribution < 1.29 is 0 Å². The summed E-state index contributed by atoms with van der Waals surface area (Å²) < 4.78 is 0. The minimum atomic E-state index is 0. The lowest BCUT2D eigenvalue weighted by molar-refractivity contribution is 0.187. The van der Waals surface area contributed by atoms with Gasteiger partial charge >= 0.3 is 0 Å². The van der Waals surface area contributed by atoms with E-state index in [1.54, 1.807) is 0 Å². The number of anilines is 1. The molecule has 0 radical (unpaired) electrons. The van der Waals surface area contributed by atoms with Gasteiger partial charge in [0.1, 0.15) is 0 Å². The zero-order valence-corrected chi connectivity index (χ0v) is 23.3. The Morgan fingerprint density at radius 1 is 1.12 bits per heavy atom. The van der Waals surface area contributed by atoms with E-state index in [9.17, 15) is 0 Å². The highest BCUT2D eigenvalue weighted by atomic mass is 127. The van der Waals surface area contributed by atoms with Crippen molar-refractivity contribution in [2.24, 2.45) is 10.9 Å². The van der Waals surface area contributed by atoms with Crippen molar-refractivity contribution in [1.82, 2.24) is 20.4 Å². The molecule has 0 bridgehead atoms. The summed E-state index contributed by atoms with van der Waals surface area (Å²) in [5.41, 5.74) is 2.35. The number of guanidine groups is 1. The van der Waals surface area contributed by atoms with Gasteiger partial charge in [0.15, 0.2) is 5.96 Å². The SMILES string of the molecule is CCNC(=NCc1c(Cl)cccc1N1CCN(C)CC1)NC1CCN(CC(C)C)CC1.I. The molecule has 0 atom stereocenters. The van der Waals surface area contributed by atoms with Gasteiger partial charge in [-0.05, 0) is 44.9 Å². The molecule has 32 heavy (non-hydrogen) atoms. The number of likely N-dealkylation sites (N-methyl/N-ethyl adjacent to an activating group) is 1. The lowest BCUT2D eigenvalue weighted by atomic mass is 10.0. The van der Waals surface area contributed by atoms with Crippen LogP contribution >= 0.6 is 35.6 Å². The number of rotatable bonds is 7. The molecule has 0 spiro atoms. The highest BCUT2D eigenvalue weighted by Gasteiger charge is 2.21. The zero-order chi connectivity index (χ0) is 22.2. The maximum atomic E-state index is 6.63. The molecule has 0 aliphatic carbocycles. The number of hydrogen-bond acceptors (Lipinski definition) is 4. The van der Waals surface area contributed by atoms with Gasteiger partial charge in [-0.25, -0.2) is 4.99 Å². The average Bonchev–Trinajstić information content (AvgIpc) is 2.74. The zero-order valence-electron chi connectivity index (χ0n) is 20.2. The molecule has 2 heterocycles. The molecule has 1 aromatic rings. The van der Waals surface area contributed by atoms with Crippen molar-refractivity contribution in [3.63, 3.8) is 0 Å². The highest BCUT2D eigenvalue weighted by molar-refractivity contribution is 14.0. The van der Waals surface area contributed by atoms with Crippen molar-refractivity contribution in [2.45, 2.75) is 46.2 Å². The minimum absolute atomic E-state index is 0. The van der Waals surface area contributed by atoms with E-state index in [1.807, 2.05) is 6.07 Å². The molecule has 182 valence electrons. The molecule has 2 fully saturated rings. The lowest BCUT2D eigenvalue weighted by Crippen LogP contribution is -2.49. The summed E-state index contributed by atoms with van der Waals surface area (Å²) in [6.45, 7) is 15.9. The maximum absolute atomic E-state index is 6.63. The number of hydrogen-bond donors (Lipinski definition) is 2. The predicted octanol–water partition coefficient (Wildman–Crippen LogP) is 3.89. The third-order valence-electron chi connectivity index (χ3n) is 6.23. The minimum Gasteiger partial charge on any atom is -0.369 e. The Balaban J connectivity index is 0.00000363. The van der Waals surface area contributed by atoms with Gasteiger partial charge in [0.05, 0.1) is 6.54 Å². The summed E-state index contributed by atoms with van der Waals surface area (Å²) in [6.07, 6.45) is 2.32. The van der Waals surface area contributed by atoms with Crippen LogP contribution in [0.2, 0.25) is 5.02 Å². The molecular formula is C24H42ClIN6. The van der Waals surface area contributed by atoms with Gasteiger partial charge in [0, 0.05) is 74.7 Å². The molecule has 0 unspecified atom stereocenters. The normalized spacial score (nSPS) is 19.2. The van der Waals surface area contributed by atoms with Crippen LogP contribution in [0.4, 0.5) is 5.69 Å². The molecule has 1 aromatic carbocycles. The monoisotopic (exact) mass is 576 g/mol. The Hall–Kier alpha value is -0.770. The van der Waals surface area contributed by atoms with E-state index in [2.05, 4.69) is 65.3 Å². The van der Waals surface area contributed by atoms with Gasteiger partial charge < -0.3 is 25.3 Å². The van der Waals surface area contributed by atoms with Crippen LogP contribution in [0.3, 0.4) is 0 Å². The van der Waals surface area contributed by atoms with Gasteiger partial charge in [-0.3, -0.25) is 0 Å². The number of piperazine rings is 1. The number of halogens is 2. The topological polar surface area (TPSA) is 46.1 Å². The van der Waals surface area contributed by atoms with E-state index < -0.39 is 0 Å². The fourth-order valence-corrected chi connectivity index (χ4v) is 4.72. The first-order chi connectivity index (χ1) is 15.0. The van der Waals surface area contributed by atoms with Crippen LogP contribution in [-0.4, -0.2) is 81.2 Å². The van der Waals surface area contributed by atoms with Crippen molar-refractivity contribution in [1.29, 1.82) is 0 Å². The quantitative estimate of drug-likeness (QED) is 0.293. The summed E-state index contributed by atoms with van der Waals surface area (Å²) in [5, 5.41) is 7.91. The third-order valence-corrected chi connectivity index (χ3v) is 6.58. The summed E-state index contributed by atoms with van der Waals surface area (Å²) in [4.78, 5) is 12.3. The predicted molar refractivity (Wildman–Crippen MR) is 149 cm³/mol.